The smallest absolute Gasteiger partial charge is 0.168 e. The average Bonchev–Trinajstić information content (AvgIpc) is 2.54. The van der Waals surface area contributed by atoms with E-state index in [9.17, 15) is 19.8 Å². The van der Waals surface area contributed by atoms with Crippen molar-refractivity contribution in [2.24, 2.45) is 4.99 Å². The van der Waals surface area contributed by atoms with E-state index in [1.165, 1.54) is 0 Å². The molecule has 0 aliphatic heterocycles. The molecule has 0 heterocycles. The summed E-state index contributed by atoms with van der Waals surface area (Å²) in [6, 6.07) is 9.68. The lowest BCUT2D eigenvalue weighted by Gasteiger charge is -2.26. The highest BCUT2D eigenvalue weighted by molar-refractivity contribution is 6.24. The SMILES string of the molecule is CCC(O)=C1C(=O)CC(c2ccccc2)CC1=NCCC(=O)[O-]. The molecule has 5 heteroatoms. The molecule has 0 radical (unpaired) electrons. The zero-order valence-corrected chi connectivity index (χ0v) is 13.1. The van der Waals surface area contributed by atoms with Crippen LogP contribution in [0.1, 0.15) is 44.1 Å². The van der Waals surface area contributed by atoms with Gasteiger partial charge >= 0.3 is 0 Å². The molecule has 0 bridgehead atoms. The first-order chi connectivity index (χ1) is 11.0. The van der Waals surface area contributed by atoms with Gasteiger partial charge in [0.25, 0.3) is 0 Å². The molecule has 1 aliphatic rings. The van der Waals surface area contributed by atoms with E-state index in [2.05, 4.69) is 4.99 Å². The van der Waals surface area contributed by atoms with Crippen LogP contribution in [0.15, 0.2) is 46.7 Å². The molecule has 1 aromatic rings. The minimum Gasteiger partial charge on any atom is -0.550 e. The minimum atomic E-state index is -1.18. The van der Waals surface area contributed by atoms with Gasteiger partial charge < -0.3 is 15.0 Å². The van der Waals surface area contributed by atoms with E-state index in [4.69, 9.17) is 0 Å². The number of carbonyl (C=O) groups is 2. The van der Waals surface area contributed by atoms with Crippen molar-refractivity contribution in [1.29, 1.82) is 0 Å². The maximum Gasteiger partial charge on any atom is 0.168 e. The number of nitrogens with zero attached hydrogens (tertiary/aromatic N) is 1. The number of ketones is 1. The Bertz CT molecular complexity index is 646. The summed E-state index contributed by atoms with van der Waals surface area (Å²) in [5.41, 5.74) is 1.80. The van der Waals surface area contributed by atoms with Gasteiger partial charge in [0.1, 0.15) is 5.76 Å². The van der Waals surface area contributed by atoms with Gasteiger partial charge in [-0.2, -0.15) is 0 Å². The molecule has 2 rings (SSSR count). The van der Waals surface area contributed by atoms with Crippen molar-refractivity contribution in [3.05, 3.63) is 47.2 Å². The monoisotopic (exact) mass is 314 g/mol. The lowest BCUT2D eigenvalue weighted by atomic mass is 9.79. The largest absolute Gasteiger partial charge is 0.550 e. The Hall–Kier alpha value is -2.43. The van der Waals surface area contributed by atoms with Crippen LogP contribution in [-0.2, 0) is 9.59 Å². The summed E-state index contributed by atoms with van der Waals surface area (Å²) in [6.07, 6.45) is 0.982. The van der Waals surface area contributed by atoms with Crippen molar-refractivity contribution in [3.8, 4) is 0 Å². The van der Waals surface area contributed by atoms with Gasteiger partial charge in [-0.25, -0.2) is 0 Å². The Kier molecular flexibility index (Phi) is 5.68. The molecule has 0 spiro atoms. The molecule has 1 N–H and O–H groups in total. The van der Waals surface area contributed by atoms with Gasteiger partial charge in [0.2, 0.25) is 0 Å². The second-order valence-corrected chi connectivity index (χ2v) is 5.56. The first kappa shape index (κ1) is 16.9. The van der Waals surface area contributed by atoms with Crippen LogP contribution < -0.4 is 5.11 Å². The number of aliphatic imine (C=N–C) groups is 1. The molecule has 23 heavy (non-hydrogen) atoms. The number of aliphatic carboxylic acids is 1. The Balaban J connectivity index is 2.30. The molecular weight excluding hydrogens is 294 g/mol. The van der Waals surface area contributed by atoms with Crippen LogP contribution in [-0.4, -0.2) is 29.1 Å². The van der Waals surface area contributed by atoms with Crippen molar-refractivity contribution in [2.45, 2.75) is 38.5 Å². The summed E-state index contributed by atoms with van der Waals surface area (Å²) in [5.74, 6) is -1.30. The second kappa shape index (κ2) is 7.72. The van der Waals surface area contributed by atoms with E-state index in [0.717, 1.165) is 5.56 Å². The number of hydrogen-bond acceptors (Lipinski definition) is 5. The normalized spacial score (nSPS) is 22.2. The van der Waals surface area contributed by atoms with Gasteiger partial charge in [-0.3, -0.25) is 9.79 Å². The molecule has 0 saturated heterocycles. The molecule has 1 aliphatic carbocycles. The van der Waals surface area contributed by atoms with Gasteiger partial charge in [0, 0.05) is 37.5 Å². The van der Waals surface area contributed by atoms with Crippen LogP contribution in [0.2, 0.25) is 0 Å². The molecule has 1 atom stereocenters. The zero-order valence-electron chi connectivity index (χ0n) is 13.1. The number of benzene rings is 1. The maximum atomic E-state index is 12.5. The highest BCUT2D eigenvalue weighted by Crippen LogP contribution is 2.33. The van der Waals surface area contributed by atoms with E-state index in [-0.39, 0.29) is 36.0 Å². The van der Waals surface area contributed by atoms with Crippen molar-refractivity contribution in [3.63, 3.8) is 0 Å². The summed E-state index contributed by atoms with van der Waals surface area (Å²) < 4.78 is 0. The fourth-order valence-corrected chi connectivity index (χ4v) is 2.79. The summed E-state index contributed by atoms with van der Waals surface area (Å²) in [5, 5.41) is 20.6. The Labute approximate surface area is 135 Å². The van der Waals surface area contributed by atoms with Crippen LogP contribution in [0.4, 0.5) is 0 Å². The number of carboxylic acids is 1. The lowest BCUT2D eigenvalue weighted by Crippen LogP contribution is -2.27. The quantitative estimate of drug-likeness (QED) is 0.664. The number of carboxylic acid groups (broad SMARTS) is 1. The molecule has 122 valence electrons. The summed E-state index contributed by atoms with van der Waals surface area (Å²) in [7, 11) is 0. The number of rotatable bonds is 5. The van der Waals surface area contributed by atoms with Crippen molar-refractivity contribution >= 4 is 17.5 Å². The van der Waals surface area contributed by atoms with E-state index in [1.54, 1.807) is 6.92 Å². The molecule has 1 saturated carbocycles. The molecule has 1 unspecified atom stereocenters. The Morgan fingerprint density at radius 2 is 2.00 bits per heavy atom. The van der Waals surface area contributed by atoms with Gasteiger partial charge in [-0.05, 0) is 17.9 Å². The minimum absolute atomic E-state index is 0.00110. The van der Waals surface area contributed by atoms with Crippen LogP contribution in [0.25, 0.3) is 0 Å². The molecule has 0 amide bonds. The van der Waals surface area contributed by atoms with Gasteiger partial charge in [-0.1, -0.05) is 37.3 Å². The summed E-state index contributed by atoms with van der Waals surface area (Å²) >= 11 is 0. The third-order valence-corrected chi connectivity index (χ3v) is 3.95. The number of allylic oxidation sites excluding steroid dienone is 2. The first-order valence-corrected chi connectivity index (χ1v) is 7.76. The van der Waals surface area contributed by atoms with Crippen molar-refractivity contribution in [2.75, 3.05) is 6.54 Å². The van der Waals surface area contributed by atoms with Gasteiger partial charge in [0.15, 0.2) is 5.78 Å². The molecule has 1 aromatic carbocycles. The van der Waals surface area contributed by atoms with E-state index in [0.29, 0.717) is 25.0 Å². The average molecular weight is 314 g/mol. The third kappa shape index (κ3) is 4.28. The van der Waals surface area contributed by atoms with E-state index >= 15 is 0 Å². The van der Waals surface area contributed by atoms with E-state index in [1.807, 2.05) is 30.3 Å². The van der Waals surface area contributed by atoms with Crippen LogP contribution >= 0.6 is 0 Å². The molecule has 1 fully saturated rings. The lowest BCUT2D eigenvalue weighted by molar-refractivity contribution is -0.305. The number of aliphatic hydroxyl groups is 1. The van der Waals surface area contributed by atoms with Crippen molar-refractivity contribution < 1.29 is 19.8 Å². The molecule has 0 aromatic heterocycles. The predicted octanol–water partition coefficient (Wildman–Crippen LogP) is 1.94. The van der Waals surface area contributed by atoms with Gasteiger partial charge in [0.05, 0.1) is 5.57 Å². The van der Waals surface area contributed by atoms with E-state index < -0.39 is 5.97 Å². The zero-order chi connectivity index (χ0) is 16.8. The Morgan fingerprint density at radius 1 is 1.30 bits per heavy atom. The highest BCUT2D eigenvalue weighted by Gasteiger charge is 2.31. The third-order valence-electron chi connectivity index (χ3n) is 3.95. The van der Waals surface area contributed by atoms with Crippen molar-refractivity contribution in [1.82, 2.24) is 0 Å². The number of aliphatic hydroxyl groups excluding tert-OH is 1. The predicted molar refractivity (Wildman–Crippen MR) is 85.3 cm³/mol. The van der Waals surface area contributed by atoms with Crippen LogP contribution in [0.5, 0.6) is 0 Å². The van der Waals surface area contributed by atoms with Crippen LogP contribution in [0, 0.1) is 0 Å². The van der Waals surface area contributed by atoms with Gasteiger partial charge in [-0.15, -0.1) is 0 Å². The first-order valence-electron chi connectivity index (χ1n) is 7.76. The number of Topliss-reactive ketones (excluding diaryl/α,β-unsaturated/α-hetero) is 1. The molecular formula is C18H20NO4-. The molecule has 5 nitrogen and oxygen atoms in total. The standard InChI is InChI=1S/C18H21NO4/c1-2-15(20)18-14(19-9-8-17(22)23)10-13(11-16(18)21)12-6-4-3-5-7-12/h3-7,13,20H,2,8-11H2,1H3,(H,22,23)/p-1. The number of carbonyl (C=O) groups excluding carboxylic acids is 2. The summed E-state index contributed by atoms with van der Waals surface area (Å²) in [6.45, 7) is 1.81. The fraction of sp³-hybridized carbons (Fsp3) is 0.389. The van der Waals surface area contributed by atoms with Crippen LogP contribution in [0.3, 0.4) is 0 Å². The maximum absolute atomic E-state index is 12.5. The number of hydrogen-bond donors (Lipinski definition) is 1. The Morgan fingerprint density at radius 3 is 2.61 bits per heavy atom. The fourth-order valence-electron chi connectivity index (χ4n) is 2.79. The highest BCUT2D eigenvalue weighted by atomic mass is 16.4. The topological polar surface area (TPSA) is 89.8 Å². The second-order valence-electron chi connectivity index (χ2n) is 5.56. The summed E-state index contributed by atoms with van der Waals surface area (Å²) in [4.78, 5) is 27.3.